The van der Waals surface area contributed by atoms with Crippen LogP contribution in [0.25, 0.3) is 0 Å². The monoisotopic (exact) mass is 511 g/mol. The molecule has 0 saturated carbocycles. The minimum absolute atomic E-state index is 0.00208. The molecule has 3 aliphatic rings. The number of nitrogens with one attached hydrogen (secondary N) is 1. The molecular weight excluding hydrogens is 482 g/mol. The van der Waals surface area contributed by atoms with Crippen molar-refractivity contribution in [1.29, 1.82) is 0 Å². The lowest BCUT2D eigenvalue weighted by atomic mass is 9.67. The van der Waals surface area contributed by atoms with E-state index in [1.807, 2.05) is 55.7 Å². The predicted molar refractivity (Wildman–Crippen MR) is 152 cm³/mol. The van der Waals surface area contributed by atoms with Gasteiger partial charge in [-0.1, -0.05) is 40.7 Å². The molecule has 2 aromatic rings. The molecule has 2 aromatic carbocycles. The van der Waals surface area contributed by atoms with Crippen LogP contribution in [-0.4, -0.2) is 90.6 Å². The molecule has 13 heteroatoms. The summed E-state index contributed by atoms with van der Waals surface area (Å²) >= 11 is 0. The number of carbonyl (C=O) groups excluding carboxylic acids is 4. The van der Waals surface area contributed by atoms with Gasteiger partial charge in [0.2, 0.25) is 17.7 Å². The first kappa shape index (κ1) is 26.2. The molecule has 3 aliphatic heterocycles. The maximum absolute atomic E-state index is 13.6. The molecule has 2 unspecified atom stereocenters. The summed E-state index contributed by atoms with van der Waals surface area (Å²) in [6, 6.07) is 7.27. The van der Waals surface area contributed by atoms with Gasteiger partial charge in [0.05, 0.1) is 6.61 Å². The highest BCUT2D eigenvalue weighted by atomic mass is 16.5. The van der Waals surface area contributed by atoms with Gasteiger partial charge in [-0.15, -0.1) is 0 Å². The highest BCUT2D eigenvalue weighted by Crippen LogP contribution is 2.38. The van der Waals surface area contributed by atoms with E-state index in [-0.39, 0.29) is 36.7 Å². The summed E-state index contributed by atoms with van der Waals surface area (Å²) in [5, 5.41) is 2.37. The molecule has 2 saturated heterocycles. The second kappa shape index (κ2) is 10.4. The van der Waals surface area contributed by atoms with Gasteiger partial charge in [0, 0.05) is 36.6 Å². The Morgan fingerprint density at radius 2 is 1.71 bits per heavy atom. The molecule has 1 N–H and O–H groups in total. The Hall–Kier alpha value is -3.46. The second-order valence-electron chi connectivity index (χ2n) is 10.3. The van der Waals surface area contributed by atoms with E-state index in [0.29, 0.717) is 44.0 Å². The summed E-state index contributed by atoms with van der Waals surface area (Å²) in [5.74, 6) is -0.643. The standard InChI is InChI=1S/C25H29B4N3O6/c26-19-17-18(23(29)32(25(17)36)14-5-6-15(33)30-24(14)35)22(21(28)20(19)27)38-10-13-3-1-12(2-4-13)9-31-7-8-37-11-16(31)34/h1-4,14,23H,5-11,26-29H2,(H,30,33,35). The number of fused-ring (bicyclic) bond motifs is 1. The first-order chi connectivity index (χ1) is 18.2. The molecule has 0 bridgehead atoms. The molecule has 192 valence electrons. The van der Waals surface area contributed by atoms with Gasteiger partial charge in [-0.25, -0.2) is 0 Å². The Kier molecular flexibility index (Phi) is 7.13. The van der Waals surface area contributed by atoms with Crippen molar-refractivity contribution in [2.75, 3.05) is 19.8 Å². The van der Waals surface area contributed by atoms with Crippen LogP contribution < -0.4 is 26.4 Å². The smallest absolute Gasteiger partial charge is 0.254 e. The molecule has 3 heterocycles. The number of ether oxygens (including phenoxy) is 2. The number of amides is 4. The fourth-order valence-corrected chi connectivity index (χ4v) is 5.65. The lowest BCUT2D eigenvalue weighted by Crippen LogP contribution is -2.53. The molecule has 0 radical (unpaired) electrons. The molecule has 5 rings (SSSR count). The number of carbonyl (C=O) groups is 4. The van der Waals surface area contributed by atoms with Crippen molar-refractivity contribution in [3.8, 4) is 5.75 Å². The minimum Gasteiger partial charge on any atom is -0.489 e. The maximum atomic E-state index is 13.6. The third kappa shape index (κ3) is 4.64. The van der Waals surface area contributed by atoms with E-state index >= 15 is 0 Å². The number of hydrogen-bond acceptors (Lipinski definition) is 6. The zero-order valence-electron chi connectivity index (χ0n) is 22.3. The van der Waals surface area contributed by atoms with Crippen LogP contribution in [0.3, 0.4) is 0 Å². The van der Waals surface area contributed by atoms with Gasteiger partial charge in [-0.2, -0.15) is 0 Å². The summed E-state index contributed by atoms with van der Waals surface area (Å²) in [5.41, 5.74) is 6.22. The average molecular weight is 511 g/mol. The fraction of sp³-hybridized carbons (Fsp3) is 0.360. The van der Waals surface area contributed by atoms with Crippen molar-refractivity contribution in [2.24, 2.45) is 0 Å². The van der Waals surface area contributed by atoms with Crippen molar-refractivity contribution in [3.63, 3.8) is 0 Å². The predicted octanol–water partition coefficient (Wildman–Crippen LogP) is -4.71. The zero-order valence-corrected chi connectivity index (χ0v) is 22.3. The van der Waals surface area contributed by atoms with Gasteiger partial charge >= 0.3 is 0 Å². The quantitative estimate of drug-likeness (QED) is 0.309. The number of imide groups is 1. The molecule has 0 aromatic heterocycles. The van der Waals surface area contributed by atoms with Gasteiger partial charge in [0.1, 0.15) is 56.4 Å². The molecule has 2 atom stereocenters. The van der Waals surface area contributed by atoms with Crippen molar-refractivity contribution in [2.45, 2.75) is 38.0 Å². The van der Waals surface area contributed by atoms with E-state index in [9.17, 15) is 19.2 Å². The fourth-order valence-electron chi connectivity index (χ4n) is 5.65. The number of hydrogen-bond donors (Lipinski definition) is 1. The van der Waals surface area contributed by atoms with Gasteiger partial charge in [0.15, 0.2) is 0 Å². The molecule has 4 amide bonds. The topological polar surface area (TPSA) is 105 Å². The van der Waals surface area contributed by atoms with Gasteiger partial charge in [-0.3, -0.25) is 24.5 Å². The highest BCUT2D eigenvalue weighted by Gasteiger charge is 2.45. The maximum Gasteiger partial charge on any atom is 0.254 e. The summed E-state index contributed by atoms with van der Waals surface area (Å²) in [7, 11) is 7.82. The Bertz CT molecular complexity index is 1340. The van der Waals surface area contributed by atoms with Crippen LogP contribution in [0.2, 0.25) is 0 Å². The van der Waals surface area contributed by atoms with Crippen LogP contribution in [0.4, 0.5) is 0 Å². The normalized spacial score (nSPS) is 21.5. The SMILES string of the molecule is Bc1c(B)c(OCc2ccc(CN3CCOCC3=O)cc2)c2c(c1B)C(=O)N(C1CCC(=O)NC1=O)C2B. The van der Waals surface area contributed by atoms with Crippen LogP contribution >= 0.6 is 0 Å². The molecule has 9 nitrogen and oxygen atoms in total. The Morgan fingerprint density at radius 3 is 2.39 bits per heavy atom. The minimum atomic E-state index is -0.693. The largest absolute Gasteiger partial charge is 0.489 e. The van der Waals surface area contributed by atoms with E-state index in [0.717, 1.165) is 33.1 Å². The summed E-state index contributed by atoms with van der Waals surface area (Å²) in [6.45, 7) is 2.13. The van der Waals surface area contributed by atoms with Crippen molar-refractivity contribution in [3.05, 3.63) is 46.5 Å². The first-order valence-electron chi connectivity index (χ1n) is 13.0. The molecule has 2 fully saturated rings. The van der Waals surface area contributed by atoms with Crippen molar-refractivity contribution in [1.82, 2.24) is 15.1 Å². The highest BCUT2D eigenvalue weighted by molar-refractivity contribution is 6.60. The van der Waals surface area contributed by atoms with Crippen LogP contribution in [0, 0.1) is 0 Å². The second-order valence-corrected chi connectivity index (χ2v) is 10.3. The van der Waals surface area contributed by atoms with E-state index in [1.54, 1.807) is 9.80 Å². The zero-order chi connectivity index (χ0) is 27.1. The Morgan fingerprint density at radius 1 is 1.00 bits per heavy atom. The Balaban J connectivity index is 1.37. The van der Waals surface area contributed by atoms with Gasteiger partial charge in [0.25, 0.3) is 5.91 Å². The van der Waals surface area contributed by atoms with Crippen molar-refractivity contribution < 1.29 is 28.7 Å². The third-order valence-electron chi connectivity index (χ3n) is 8.05. The number of rotatable bonds is 6. The number of piperidine rings is 1. The lowest BCUT2D eigenvalue weighted by Gasteiger charge is -2.33. The van der Waals surface area contributed by atoms with Crippen LogP contribution in [-0.2, 0) is 32.3 Å². The van der Waals surface area contributed by atoms with E-state index < -0.39 is 11.9 Å². The molecule has 0 spiro atoms. The van der Waals surface area contributed by atoms with Crippen LogP contribution in [0.5, 0.6) is 5.75 Å². The number of benzene rings is 2. The first-order valence-corrected chi connectivity index (χ1v) is 13.0. The molecular formula is C25H29B4N3O6. The Labute approximate surface area is 225 Å². The van der Waals surface area contributed by atoms with E-state index in [1.165, 1.54) is 0 Å². The summed E-state index contributed by atoms with van der Waals surface area (Å²) < 4.78 is 11.6. The van der Waals surface area contributed by atoms with Gasteiger partial charge < -0.3 is 19.3 Å². The third-order valence-corrected chi connectivity index (χ3v) is 8.05. The van der Waals surface area contributed by atoms with Crippen LogP contribution in [0.15, 0.2) is 24.3 Å². The van der Waals surface area contributed by atoms with E-state index in [2.05, 4.69) is 5.32 Å². The molecule has 0 aliphatic carbocycles. The molecule has 38 heavy (non-hydrogen) atoms. The van der Waals surface area contributed by atoms with E-state index in [4.69, 9.17) is 9.47 Å². The number of nitrogens with zero attached hydrogens (tertiary/aromatic N) is 2. The van der Waals surface area contributed by atoms with Crippen molar-refractivity contribution >= 4 is 71.4 Å². The average Bonchev–Trinajstić information content (AvgIpc) is 3.15. The summed E-state index contributed by atoms with van der Waals surface area (Å²) in [6.07, 6.45) is 0.518. The van der Waals surface area contributed by atoms with Crippen LogP contribution in [0.1, 0.15) is 45.8 Å². The summed E-state index contributed by atoms with van der Waals surface area (Å²) in [4.78, 5) is 53.4. The van der Waals surface area contributed by atoms with Gasteiger partial charge in [-0.05, 0) is 17.5 Å². The lowest BCUT2D eigenvalue weighted by molar-refractivity contribution is -0.143. The number of morpholine rings is 1.